The molecule has 1 aromatic heterocycles. The van der Waals surface area contributed by atoms with Crippen molar-refractivity contribution in [2.24, 2.45) is 7.05 Å². The highest BCUT2D eigenvalue weighted by molar-refractivity contribution is 5.91. The first-order valence-electron chi connectivity index (χ1n) is 8.77. The van der Waals surface area contributed by atoms with Gasteiger partial charge < -0.3 is 10.2 Å². The molecule has 0 radical (unpaired) electrons. The Labute approximate surface area is 143 Å². The summed E-state index contributed by atoms with van der Waals surface area (Å²) in [5.41, 5.74) is 0.884. The molecule has 0 spiro atoms. The van der Waals surface area contributed by atoms with Crippen molar-refractivity contribution >= 4 is 17.6 Å². The lowest BCUT2D eigenvalue weighted by Gasteiger charge is -2.34. The predicted octanol–water partition coefficient (Wildman–Crippen LogP) is 1.14. The Morgan fingerprint density at radius 3 is 2.62 bits per heavy atom. The summed E-state index contributed by atoms with van der Waals surface area (Å²) in [6, 6.07) is 2.43. The molecule has 2 atom stereocenters. The lowest BCUT2D eigenvalue weighted by molar-refractivity contribution is -0.130. The number of amides is 2. The molecule has 2 aliphatic rings. The molecule has 7 heteroatoms. The minimum atomic E-state index is -0.0164. The van der Waals surface area contributed by atoms with E-state index in [4.69, 9.17) is 0 Å². The molecule has 0 aromatic carbocycles. The van der Waals surface area contributed by atoms with Crippen LogP contribution in [0.4, 0.5) is 5.82 Å². The minimum absolute atomic E-state index is 0.0164. The lowest BCUT2D eigenvalue weighted by Crippen LogP contribution is -2.49. The summed E-state index contributed by atoms with van der Waals surface area (Å²) >= 11 is 0. The van der Waals surface area contributed by atoms with Crippen LogP contribution in [0.5, 0.6) is 0 Å². The van der Waals surface area contributed by atoms with Gasteiger partial charge in [0.1, 0.15) is 5.82 Å². The van der Waals surface area contributed by atoms with Crippen LogP contribution in [0.2, 0.25) is 0 Å². The lowest BCUT2D eigenvalue weighted by atomic mass is 10.0. The topological polar surface area (TPSA) is 70.5 Å². The van der Waals surface area contributed by atoms with Crippen LogP contribution in [0.1, 0.15) is 38.3 Å². The van der Waals surface area contributed by atoms with Gasteiger partial charge in [0, 0.05) is 38.7 Å². The zero-order chi connectivity index (χ0) is 17.3. The smallest absolute Gasteiger partial charge is 0.239 e. The van der Waals surface area contributed by atoms with E-state index in [1.807, 2.05) is 24.9 Å². The fourth-order valence-electron chi connectivity index (χ4n) is 4.16. The molecular formula is C17H27N5O2. The Morgan fingerprint density at radius 1 is 1.25 bits per heavy atom. The third-order valence-electron chi connectivity index (χ3n) is 5.18. The van der Waals surface area contributed by atoms with E-state index in [1.54, 1.807) is 11.6 Å². The first-order valence-corrected chi connectivity index (χ1v) is 8.77. The first-order chi connectivity index (χ1) is 11.5. The van der Waals surface area contributed by atoms with E-state index >= 15 is 0 Å². The Hall–Kier alpha value is -1.89. The van der Waals surface area contributed by atoms with Crippen LogP contribution < -0.4 is 5.32 Å². The van der Waals surface area contributed by atoms with Crippen LogP contribution in [0.3, 0.4) is 0 Å². The van der Waals surface area contributed by atoms with E-state index in [0.717, 1.165) is 50.3 Å². The largest absolute Gasteiger partial charge is 0.338 e. The maximum absolute atomic E-state index is 12.4. The van der Waals surface area contributed by atoms with E-state index in [1.165, 1.54) is 0 Å². The summed E-state index contributed by atoms with van der Waals surface area (Å²) in [4.78, 5) is 28.5. The second-order valence-corrected chi connectivity index (χ2v) is 6.94. The van der Waals surface area contributed by atoms with Crippen LogP contribution >= 0.6 is 0 Å². The average Bonchev–Trinajstić information content (AvgIpc) is 3.19. The van der Waals surface area contributed by atoms with Crippen molar-refractivity contribution in [1.82, 2.24) is 19.6 Å². The third kappa shape index (κ3) is 3.45. The minimum Gasteiger partial charge on any atom is -0.338 e. The fourth-order valence-corrected chi connectivity index (χ4v) is 4.16. The molecule has 2 amide bonds. The van der Waals surface area contributed by atoms with Crippen LogP contribution in [0.15, 0.2) is 6.07 Å². The highest BCUT2D eigenvalue weighted by Gasteiger charge is 2.39. The van der Waals surface area contributed by atoms with Crippen molar-refractivity contribution < 1.29 is 9.59 Å². The predicted molar refractivity (Wildman–Crippen MR) is 91.6 cm³/mol. The van der Waals surface area contributed by atoms with Gasteiger partial charge in [0.25, 0.3) is 0 Å². The Morgan fingerprint density at radius 2 is 1.96 bits per heavy atom. The van der Waals surface area contributed by atoms with E-state index in [9.17, 15) is 9.59 Å². The van der Waals surface area contributed by atoms with E-state index < -0.39 is 0 Å². The molecule has 3 rings (SSSR count). The number of carbonyl (C=O) groups is 2. The van der Waals surface area contributed by atoms with Gasteiger partial charge in [-0.2, -0.15) is 5.10 Å². The normalized spacial score (nSPS) is 24.5. The second-order valence-electron chi connectivity index (χ2n) is 6.94. The van der Waals surface area contributed by atoms with Crippen LogP contribution in [0, 0.1) is 6.92 Å². The molecule has 7 nitrogen and oxygen atoms in total. The molecule has 24 heavy (non-hydrogen) atoms. The van der Waals surface area contributed by atoms with Gasteiger partial charge in [-0.3, -0.25) is 19.2 Å². The number of aryl methyl sites for hydroxylation is 2. The van der Waals surface area contributed by atoms with Crippen molar-refractivity contribution in [2.75, 3.05) is 25.0 Å². The van der Waals surface area contributed by atoms with Gasteiger partial charge in [-0.1, -0.05) is 0 Å². The first kappa shape index (κ1) is 17.0. The molecule has 1 N–H and O–H groups in total. The van der Waals surface area contributed by atoms with Gasteiger partial charge in [-0.25, -0.2) is 0 Å². The number of hydrogen-bond donors (Lipinski definition) is 1. The van der Waals surface area contributed by atoms with Crippen LogP contribution in [0.25, 0.3) is 0 Å². The number of aromatic nitrogens is 2. The molecule has 2 saturated heterocycles. The van der Waals surface area contributed by atoms with Gasteiger partial charge in [0.2, 0.25) is 11.8 Å². The summed E-state index contributed by atoms with van der Waals surface area (Å²) in [5.74, 6) is 0.857. The van der Waals surface area contributed by atoms with Crippen molar-refractivity contribution in [1.29, 1.82) is 0 Å². The number of hydrogen-bond acceptors (Lipinski definition) is 4. The zero-order valence-electron chi connectivity index (χ0n) is 14.8. The molecule has 132 valence electrons. The van der Waals surface area contributed by atoms with Gasteiger partial charge in [-0.15, -0.1) is 0 Å². The highest BCUT2D eigenvalue weighted by atomic mass is 16.2. The van der Waals surface area contributed by atoms with E-state index in [-0.39, 0.29) is 17.9 Å². The van der Waals surface area contributed by atoms with Crippen LogP contribution in [-0.2, 0) is 16.6 Å². The Bertz CT molecular complexity index is 626. The quantitative estimate of drug-likeness (QED) is 0.897. The molecule has 0 bridgehead atoms. The number of nitrogens with one attached hydrogen (secondary N) is 1. The van der Waals surface area contributed by atoms with Gasteiger partial charge in [0.15, 0.2) is 0 Å². The van der Waals surface area contributed by atoms with E-state index in [0.29, 0.717) is 12.6 Å². The summed E-state index contributed by atoms with van der Waals surface area (Å²) in [5, 5.41) is 7.19. The monoisotopic (exact) mass is 333 g/mol. The number of rotatable bonds is 4. The molecule has 1 aromatic rings. The highest BCUT2D eigenvalue weighted by Crippen LogP contribution is 2.29. The number of carbonyl (C=O) groups excluding carboxylic acids is 2. The SMILES string of the molecule is CC(=O)N1CCC[C@@H]1[C@H]1CCCN1CC(=O)Nc1cc(C)nn1C. The van der Waals surface area contributed by atoms with Gasteiger partial charge in [-0.05, 0) is 39.2 Å². The van der Waals surface area contributed by atoms with Gasteiger partial charge >= 0.3 is 0 Å². The Balaban J connectivity index is 1.62. The summed E-state index contributed by atoms with van der Waals surface area (Å²) in [6.45, 7) is 5.70. The third-order valence-corrected chi connectivity index (χ3v) is 5.18. The summed E-state index contributed by atoms with van der Waals surface area (Å²) < 4.78 is 1.68. The van der Waals surface area contributed by atoms with Crippen molar-refractivity contribution in [3.63, 3.8) is 0 Å². The molecule has 0 aliphatic carbocycles. The molecule has 2 fully saturated rings. The zero-order valence-corrected chi connectivity index (χ0v) is 14.8. The molecular weight excluding hydrogens is 306 g/mol. The Kier molecular flexibility index (Phi) is 4.89. The summed E-state index contributed by atoms with van der Waals surface area (Å²) in [6.07, 6.45) is 4.26. The number of likely N-dealkylation sites (tertiary alicyclic amines) is 2. The van der Waals surface area contributed by atoms with Crippen molar-refractivity contribution in [2.45, 2.75) is 51.6 Å². The molecule has 0 unspecified atom stereocenters. The second kappa shape index (κ2) is 6.93. The maximum Gasteiger partial charge on any atom is 0.239 e. The van der Waals surface area contributed by atoms with Gasteiger partial charge in [0.05, 0.1) is 12.2 Å². The number of anilines is 1. The van der Waals surface area contributed by atoms with Crippen molar-refractivity contribution in [3.05, 3.63) is 11.8 Å². The molecule has 3 heterocycles. The van der Waals surface area contributed by atoms with Crippen molar-refractivity contribution in [3.8, 4) is 0 Å². The average molecular weight is 333 g/mol. The molecule has 0 saturated carbocycles. The van der Waals surface area contributed by atoms with E-state index in [2.05, 4.69) is 15.3 Å². The van der Waals surface area contributed by atoms with Crippen LogP contribution in [-0.4, -0.2) is 63.1 Å². The number of nitrogens with zero attached hydrogens (tertiary/aromatic N) is 4. The fraction of sp³-hybridized carbons (Fsp3) is 0.706. The summed E-state index contributed by atoms with van der Waals surface area (Å²) in [7, 11) is 1.82. The standard InChI is InChI=1S/C17H27N5O2/c1-12-10-16(20(3)19-12)18-17(24)11-21-8-4-6-14(21)15-7-5-9-22(15)13(2)23/h10,14-15H,4-9,11H2,1-3H3,(H,18,24)/t14-,15-/m1/s1. The molecule has 2 aliphatic heterocycles. The maximum atomic E-state index is 12.4.